The van der Waals surface area contributed by atoms with Crippen molar-refractivity contribution >= 4 is 23.4 Å². The lowest BCUT2D eigenvalue weighted by atomic mass is 9.61. The number of alkyl halides is 3. The molecule has 204 valence electrons. The molecule has 2 amide bonds. The summed E-state index contributed by atoms with van der Waals surface area (Å²) in [4.78, 5) is 25.6. The second-order valence-corrected chi connectivity index (χ2v) is 11.2. The highest BCUT2D eigenvalue weighted by Gasteiger charge is 2.51. The van der Waals surface area contributed by atoms with Crippen molar-refractivity contribution in [1.82, 2.24) is 10.6 Å². The molecule has 1 heterocycles. The van der Waals surface area contributed by atoms with Gasteiger partial charge in [0, 0.05) is 40.9 Å². The van der Waals surface area contributed by atoms with Crippen LogP contribution in [0.2, 0.25) is 5.02 Å². The SMILES string of the molecule is O=C(CO[C@H]1C[C@@H](OC(F)(F)F)C1)NC12CCC(NC(=O)[C@H]3C[C@@H](O)c4cc(Cl)ccc4O3)(CC1)CC2. The standard InChI is InChI=1S/C25H30ClF3N2O6/c26-14-1-2-19-17(9-14)18(32)12-20(36-19)22(34)31-24-6-3-23(4-7-24,5-8-24)30-21(33)13-35-15-10-16(11-15)37-25(27,28)29/h1-2,9,15-16,18,20,32H,3-8,10-13H2,(H,30,33)(H,31,34)/t15-,16+,18-,20-,23?,24?/m1/s1. The average Bonchev–Trinajstić information content (AvgIpc) is 2.81. The van der Waals surface area contributed by atoms with Gasteiger partial charge in [-0.05, 0) is 56.7 Å². The molecule has 37 heavy (non-hydrogen) atoms. The van der Waals surface area contributed by atoms with E-state index in [0.717, 1.165) is 0 Å². The first kappa shape index (κ1) is 26.5. The molecule has 6 rings (SSSR count). The number of carbonyl (C=O) groups is 2. The van der Waals surface area contributed by atoms with Crippen molar-refractivity contribution in [3.8, 4) is 5.75 Å². The summed E-state index contributed by atoms with van der Waals surface area (Å²) in [5.74, 6) is -0.107. The number of aliphatic hydroxyl groups is 1. The van der Waals surface area contributed by atoms with Crippen molar-refractivity contribution in [2.75, 3.05) is 6.61 Å². The molecule has 5 aliphatic rings. The lowest BCUT2D eigenvalue weighted by molar-refractivity contribution is -0.357. The molecule has 1 aromatic carbocycles. The second kappa shape index (κ2) is 9.91. The van der Waals surface area contributed by atoms with Crippen molar-refractivity contribution < 1.29 is 42.1 Å². The summed E-state index contributed by atoms with van der Waals surface area (Å²) in [7, 11) is 0. The summed E-state index contributed by atoms with van der Waals surface area (Å²) >= 11 is 6.00. The van der Waals surface area contributed by atoms with Crippen molar-refractivity contribution in [2.24, 2.45) is 0 Å². The minimum Gasteiger partial charge on any atom is -0.480 e. The molecule has 0 radical (unpaired) electrons. The maximum absolute atomic E-state index is 13.1. The predicted molar refractivity (Wildman–Crippen MR) is 125 cm³/mol. The number of aliphatic hydroxyl groups excluding tert-OH is 1. The Hall–Kier alpha value is -2.08. The van der Waals surface area contributed by atoms with E-state index < -0.39 is 30.8 Å². The van der Waals surface area contributed by atoms with Crippen LogP contribution in [-0.2, 0) is 19.1 Å². The minimum atomic E-state index is -4.66. The van der Waals surface area contributed by atoms with E-state index in [0.29, 0.717) is 54.9 Å². The van der Waals surface area contributed by atoms with Crippen LogP contribution in [0.25, 0.3) is 0 Å². The first-order valence-electron chi connectivity index (χ1n) is 12.6. The number of amides is 2. The molecule has 3 N–H and O–H groups in total. The van der Waals surface area contributed by atoms with Crippen LogP contribution in [0, 0.1) is 0 Å². The van der Waals surface area contributed by atoms with Gasteiger partial charge in [0.1, 0.15) is 12.4 Å². The lowest BCUT2D eigenvalue weighted by Crippen LogP contribution is -2.65. The van der Waals surface area contributed by atoms with Crippen LogP contribution in [0.4, 0.5) is 13.2 Å². The van der Waals surface area contributed by atoms with E-state index in [4.69, 9.17) is 21.1 Å². The summed E-state index contributed by atoms with van der Waals surface area (Å²) in [5.41, 5.74) is -0.181. The summed E-state index contributed by atoms with van der Waals surface area (Å²) in [6.45, 7) is -0.207. The van der Waals surface area contributed by atoms with Gasteiger partial charge in [-0.25, -0.2) is 0 Å². The number of fused-ring (bicyclic) bond motifs is 4. The first-order chi connectivity index (χ1) is 17.4. The lowest BCUT2D eigenvalue weighted by Gasteiger charge is -2.54. The van der Waals surface area contributed by atoms with Crippen molar-refractivity contribution in [1.29, 1.82) is 0 Å². The Morgan fingerprint density at radius 2 is 1.65 bits per heavy atom. The highest BCUT2D eigenvalue weighted by molar-refractivity contribution is 6.30. The van der Waals surface area contributed by atoms with E-state index in [1.807, 2.05) is 0 Å². The van der Waals surface area contributed by atoms with Gasteiger partial charge in [0.15, 0.2) is 6.10 Å². The van der Waals surface area contributed by atoms with E-state index >= 15 is 0 Å². The number of hydrogen-bond acceptors (Lipinski definition) is 6. The smallest absolute Gasteiger partial charge is 0.480 e. The zero-order valence-corrected chi connectivity index (χ0v) is 20.9. The molecule has 8 nitrogen and oxygen atoms in total. The van der Waals surface area contributed by atoms with Crippen LogP contribution in [0.15, 0.2) is 18.2 Å². The van der Waals surface area contributed by atoms with E-state index in [9.17, 15) is 27.9 Å². The van der Waals surface area contributed by atoms with Gasteiger partial charge in [0.2, 0.25) is 5.91 Å². The van der Waals surface area contributed by atoms with Gasteiger partial charge in [0.05, 0.1) is 18.3 Å². The molecule has 4 fully saturated rings. The summed E-state index contributed by atoms with van der Waals surface area (Å²) < 4.78 is 51.9. The number of ether oxygens (including phenoxy) is 3. The molecule has 1 aromatic rings. The molecular formula is C25H30ClF3N2O6. The third-order valence-corrected chi connectivity index (χ3v) is 8.41. The first-order valence-corrected chi connectivity index (χ1v) is 12.9. The molecule has 0 aromatic heterocycles. The highest BCUT2D eigenvalue weighted by atomic mass is 35.5. The highest BCUT2D eigenvalue weighted by Crippen LogP contribution is 2.47. The number of hydrogen-bond donors (Lipinski definition) is 3. The number of halogens is 4. The minimum absolute atomic E-state index is 0.112. The van der Waals surface area contributed by atoms with Gasteiger partial charge in [-0.15, -0.1) is 13.2 Å². The molecule has 12 heteroatoms. The van der Waals surface area contributed by atoms with Gasteiger partial charge in [0.25, 0.3) is 5.91 Å². The van der Waals surface area contributed by atoms with Crippen molar-refractivity contribution in [3.63, 3.8) is 0 Å². The molecule has 0 unspecified atom stereocenters. The maximum atomic E-state index is 13.1. The fourth-order valence-corrected chi connectivity index (χ4v) is 6.13. The van der Waals surface area contributed by atoms with Crippen LogP contribution in [0.1, 0.15) is 69.5 Å². The Bertz CT molecular complexity index is 1020. The third kappa shape index (κ3) is 6.00. The van der Waals surface area contributed by atoms with Gasteiger partial charge in [-0.1, -0.05) is 11.6 Å². The van der Waals surface area contributed by atoms with Crippen molar-refractivity contribution in [2.45, 2.75) is 99.6 Å². The summed E-state index contributed by atoms with van der Waals surface area (Å²) in [5, 5.41) is 17.2. The van der Waals surface area contributed by atoms with Gasteiger partial charge < -0.3 is 25.2 Å². The normalized spacial score (nSPS) is 34.6. The van der Waals surface area contributed by atoms with Crippen LogP contribution in [-0.4, -0.2) is 59.3 Å². The third-order valence-electron chi connectivity index (χ3n) is 8.17. The molecule has 4 aliphatic carbocycles. The van der Waals surface area contributed by atoms with Gasteiger partial charge in [-0.2, -0.15) is 0 Å². The largest absolute Gasteiger partial charge is 0.522 e. The van der Waals surface area contributed by atoms with E-state index in [1.165, 1.54) is 0 Å². The monoisotopic (exact) mass is 546 g/mol. The van der Waals surface area contributed by atoms with Crippen molar-refractivity contribution in [3.05, 3.63) is 28.8 Å². The molecule has 2 bridgehead atoms. The molecular weight excluding hydrogens is 517 g/mol. The zero-order valence-electron chi connectivity index (χ0n) is 20.1. The van der Waals surface area contributed by atoms with E-state index in [1.54, 1.807) is 18.2 Å². The molecule has 4 saturated carbocycles. The number of carbonyl (C=O) groups excluding carboxylic acids is 2. The fourth-order valence-electron chi connectivity index (χ4n) is 5.95. The number of rotatable bonds is 7. The Morgan fingerprint density at radius 1 is 1.03 bits per heavy atom. The predicted octanol–water partition coefficient (Wildman–Crippen LogP) is 3.69. The van der Waals surface area contributed by atoms with Crippen LogP contribution < -0.4 is 15.4 Å². The Kier molecular flexibility index (Phi) is 7.10. The fraction of sp³-hybridized carbons (Fsp3) is 0.680. The number of nitrogens with one attached hydrogen (secondary N) is 2. The average molecular weight is 547 g/mol. The Balaban J connectivity index is 1.07. The molecule has 0 spiro atoms. The van der Waals surface area contributed by atoms with Crippen LogP contribution in [0.3, 0.4) is 0 Å². The van der Waals surface area contributed by atoms with E-state index in [2.05, 4.69) is 15.4 Å². The van der Waals surface area contributed by atoms with Crippen LogP contribution >= 0.6 is 11.6 Å². The maximum Gasteiger partial charge on any atom is 0.522 e. The van der Waals surface area contributed by atoms with Gasteiger partial charge in [-0.3, -0.25) is 14.3 Å². The molecule has 0 saturated heterocycles. The van der Waals surface area contributed by atoms with Crippen LogP contribution in [0.5, 0.6) is 5.75 Å². The summed E-state index contributed by atoms with van der Waals surface area (Å²) in [6.07, 6.45) is -3.12. The Morgan fingerprint density at radius 3 is 2.27 bits per heavy atom. The summed E-state index contributed by atoms with van der Waals surface area (Å²) in [6, 6.07) is 4.94. The quantitative estimate of drug-likeness (QED) is 0.482. The topological polar surface area (TPSA) is 106 Å². The molecule has 2 atom stereocenters. The zero-order chi connectivity index (χ0) is 26.4. The van der Waals surface area contributed by atoms with Gasteiger partial charge >= 0.3 is 6.36 Å². The molecule has 1 aliphatic heterocycles. The second-order valence-electron chi connectivity index (χ2n) is 10.7. The number of benzene rings is 1. The Labute approximate surface area is 217 Å². The van der Waals surface area contributed by atoms with E-state index in [-0.39, 0.29) is 48.8 Å².